The fourth-order valence-corrected chi connectivity index (χ4v) is 2.40. The van der Waals surface area contributed by atoms with E-state index in [4.69, 9.17) is 15.2 Å². The summed E-state index contributed by atoms with van der Waals surface area (Å²) in [6, 6.07) is 7.84. The second kappa shape index (κ2) is 11.5. The molecule has 0 unspecified atom stereocenters. The summed E-state index contributed by atoms with van der Waals surface area (Å²) in [4.78, 5) is 6.77. The standard InChI is InChI=1S/C16H26N4O2.HI/c1-21-15-6-3-2-5-14(15)13-19-16(17)18-7-4-8-20-9-11-22-12-10-20;/h2-3,5-6H,4,7-13H2,1H3,(H3,17,18,19);1H. The van der Waals surface area contributed by atoms with Crippen molar-refractivity contribution in [1.82, 2.24) is 10.2 Å². The van der Waals surface area contributed by atoms with Crippen LogP contribution in [0.1, 0.15) is 12.0 Å². The molecule has 0 saturated carbocycles. The molecule has 0 bridgehead atoms. The Morgan fingerprint density at radius 3 is 2.83 bits per heavy atom. The van der Waals surface area contributed by atoms with Crippen molar-refractivity contribution < 1.29 is 9.47 Å². The van der Waals surface area contributed by atoms with Crippen LogP contribution in [-0.4, -0.2) is 57.4 Å². The molecule has 1 saturated heterocycles. The summed E-state index contributed by atoms with van der Waals surface area (Å²) < 4.78 is 10.6. The molecule has 1 aromatic rings. The predicted molar refractivity (Wildman–Crippen MR) is 104 cm³/mol. The molecule has 0 amide bonds. The van der Waals surface area contributed by atoms with Gasteiger partial charge in [-0.25, -0.2) is 4.99 Å². The molecule has 0 aliphatic carbocycles. The van der Waals surface area contributed by atoms with Crippen molar-refractivity contribution >= 4 is 29.9 Å². The van der Waals surface area contributed by atoms with Crippen molar-refractivity contribution in [3.63, 3.8) is 0 Å². The van der Waals surface area contributed by atoms with Gasteiger partial charge in [0.15, 0.2) is 5.96 Å². The highest BCUT2D eigenvalue weighted by molar-refractivity contribution is 14.0. The fraction of sp³-hybridized carbons (Fsp3) is 0.562. The van der Waals surface area contributed by atoms with E-state index in [1.54, 1.807) is 7.11 Å². The minimum absolute atomic E-state index is 0. The minimum atomic E-state index is 0. The summed E-state index contributed by atoms with van der Waals surface area (Å²) in [5.41, 5.74) is 6.93. The van der Waals surface area contributed by atoms with E-state index in [-0.39, 0.29) is 24.0 Å². The van der Waals surface area contributed by atoms with Crippen LogP contribution in [0, 0.1) is 0 Å². The first-order valence-corrected chi connectivity index (χ1v) is 7.75. The van der Waals surface area contributed by atoms with Gasteiger partial charge in [0.25, 0.3) is 0 Å². The second-order valence-corrected chi connectivity index (χ2v) is 5.25. The molecule has 23 heavy (non-hydrogen) atoms. The number of nitrogens with two attached hydrogens (primary N) is 1. The number of hydrogen-bond acceptors (Lipinski definition) is 4. The van der Waals surface area contributed by atoms with Crippen molar-refractivity contribution in [3.05, 3.63) is 29.8 Å². The molecule has 6 nitrogen and oxygen atoms in total. The second-order valence-electron chi connectivity index (χ2n) is 5.25. The van der Waals surface area contributed by atoms with Crippen LogP contribution in [0.25, 0.3) is 0 Å². The van der Waals surface area contributed by atoms with Gasteiger partial charge in [0.05, 0.1) is 26.9 Å². The van der Waals surface area contributed by atoms with Crippen molar-refractivity contribution in [2.45, 2.75) is 13.0 Å². The maximum Gasteiger partial charge on any atom is 0.188 e. The Morgan fingerprint density at radius 2 is 2.09 bits per heavy atom. The number of methoxy groups -OCH3 is 1. The molecule has 7 heteroatoms. The lowest BCUT2D eigenvalue weighted by molar-refractivity contribution is 0.0376. The lowest BCUT2D eigenvalue weighted by atomic mass is 10.2. The highest BCUT2D eigenvalue weighted by Gasteiger charge is 2.09. The number of aliphatic imine (C=N–C) groups is 1. The fourth-order valence-electron chi connectivity index (χ4n) is 2.40. The van der Waals surface area contributed by atoms with Crippen molar-refractivity contribution in [2.75, 3.05) is 46.5 Å². The molecule has 3 N–H and O–H groups in total. The summed E-state index contributed by atoms with van der Waals surface area (Å²) >= 11 is 0. The predicted octanol–water partition coefficient (Wildman–Crippen LogP) is 1.44. The summed E-state index contributed by atoms with van der Waals surface area (Å²) in [6.07, 6.45) is 1.05. The van der Waals surface area contributed by atoms with Crippen molar-refractivity contribution in [3.8, 4) is 5.75 Å². The molecule has 0 radical (unpaired) electrons. The normalized spacial score (nSPS) is 15.8. The van der Waals surface area contributed by atoms with E-state index in [1.165, 1.54) is 0 Å². The lowest BCUT2D eigenvalue weighted by Crippen LogP contribution is -2.39. The third-order valence-electron chi connectivity index (χ3n) is 3.67. The smallest absolute Gasteiger partial charge is 0.188 e. The topological polar surface area (TPSA) is 72.1 Å². The van der Waals surface area contributed by atoms with Gasteiger partial charge in [-0.2, -0.15) is 0 Å². The van der Waals surface area contributed by atoms with Crippen LogP contribution in [-0.2, 0) is 11.3 Å². The number of rotatable bonds is 7. The first-order chi connectivity index (χ1) is 10.8. The third kappa shape index (κ3) is 7.36. The largest absolute Gasteiger partial charge is 0.496 e. The van der Waals surface area contributed by atoms with E-state index in [1.807, 2.05) is 24.3 Å². The van der Waals surface area contributed by atoms with Gasteiger partial charge in [-0.05, 0) is 19.0 Å². The third-order valence-corrected chi connectivity index (χ3v) is 3.67. The van der Waals surface area contributed by atoms with Gasteiger partial charge in [0.1, 0.15) is 5.75 Å². The first-order valence-electron chi connectivity index (χ1n) is 7.75. The van der Waals surface area contributed by atoms with E-state index >= 15 is 0 Å². The Hall–Kier alpha value is -1.06. The van der Waals surface area contributed by atoms with Gasteiger partial charge in [0.2, 0.25) is 0 Å². The number of ether oxygens (including phenoxy) is 2. The molecule has 0 atom stereocenters. The first kappa shape index (κ1) is 20.0. The molecule has 1 aromatic carbocycles. The van der Waals surface area contributed by atoms with Crippen LogP contribution in [0.4, 0.5) is 0 Å². The lowest BCUT2D eigenvalue weighted by Gasteiger charge is -2.26. The number of nitrogens with one attached hydrogen (secondary N) is 1. The average Bonchev–Trinajstić information content (AvgIpc) is 2.58. The van der Waals surface area contributed by atoms with Crippen LogP contribution in [0.5, 0.6) is 5.75 Å². The van der Waals surface area contributed by atoms with E-state index in [0.717, 1.165) is 57.1 Å². The van der Waals surface area contributed by atoms with Crippen molar-refractivity contribution in [1.29, 1.82) is 0 Å². The summed E-state index contributed by atoms with van der Waals surface area (Å²) in [6.45, 7) is 6.15. The Labute approximate surface area is 155 Å². The highest BCUT2D eigenvalue weighted by atomic mass is 127. The van der Waals surface area contributed by atoms with Gasteiger partial charge >= 0.3 is 0 Å². The minimum Gasteiger partial charge on any atom is -0.496 e. The molecule has 0 spiro atoms. The van der Waals surface area contributed by atoms with Gasteiger partial charge in [-0.3, -0.25) is 4.90 Å². The van der Waals surface area contributed by atoms with Gasteiger partial charge < -0.3 is 20.5 Å². The molecular formula is C16H27IN4O2. The molecule has 1 fully saturated rings. The van der Waals surface area contributed by atoms with Crippen LogP contribution < -0.4 is 15.8 Å². The summed E-state index contributed by atoms with van der Waals surface area (Å²) in [5, 5.41) is 3.16. The van der Waals surface area contributed by atoms with Gasteiger partial charge in [-0.15, -0.1) is 24.0 Å². The molecule has 130 valence electrons. The maximum atomic E-state index is 5.90. The number of benzene rings is 1. The Bertz CT molecular complexity index is 479. The molecule has 1 heterocycles. The molecule has 1 aliphatic heterocycles. The number of para-hydroxylation sites is 1. The Morgan fingerprint density at radius 1 is 1.35 bits per heavy atom. The number of guanidine groups is 1. The zero-order valence-corrected chi connectivity index (χ0v) is 16.0. The average molecular weight is 434 g/mol. The van der Waals surface area contributed by atoms with Gasteiger partial charge in [-0.1, -0.05) is 18.2 Å². The number of hydrogen-bond donors (Lipinski definition) is 2. The van der Waals surface area contributed by atoms with Crippen LogP contribution in [0.2, 0.25) is 0 Å². The monoisotopic (exact) mass is 434 g/mol. The quantitative estimate of drug-likeness (QED) is 0.294. The van der Waals surface area contributed by atoms with Crippen molar-refractivity contribution in [2.24, 2.45) is 10.7 Å². The summed E-state index contributed by atoms with van der Waals surface area (Å²) in [5.74, 6) is 1.32. The zero-order chi connectivity index (χ0) is 15.6. The molecule has 0 aromatic heterocycles. The number of morpholine rings is 1. The molecular weight excluding hydrogens is 407 g/mol. The number of halogens is 1. The van der Waals surface area contributed by atoms with Crippen LogP contribution in [0.15, 0.2) is 29.3 Å². The SMILES string of the molecule is COc1ccccc1CN=C(N)NCCCN1CCOCC1.I. The van der Waals surface area contributed by atoms with E-state index in [2.05, 4.69) is 15.2 Å². The van der Waals surface area contributed by atoms with Gasteiger partial charge in [0, 0.05) is 25.2 Å². The Balaban J connectivity index is 0.00000264. The molecule has 1 aliphatic rings. The molecule has 2 rings (SSSR count). The Kier molecular flexibility index (Phi) is 9.97. The number of nitrogens with zero attached hydrogens (tertiary/aromatic N) is 2. The van der Waals surface area contributed by atoms with E-state index in [9.17, 15) is 0 Å². The van der Waals surface area contributed by atoms with Crippen LogP contribution >= 0.6 is 24.0 Å². The highest BCUT2D eigenvalue weighted by Crippen LogP contribution is 2.17. The van der Waals surface area contributed by atoms with E-state index in [0.29, 0.717) is 12.5 Å². The van der Waals surface area contributed by atoms with Crippen LogP contribution in [0.3, 0.4) is 0 Å². The maximum absolute atomic E-state index is 5.90. The summed E-state index contributed by atoms with van der Waals surface area (Å²) in [7, 11) is 1.66. The zero-order valence-electron chi connectivity index (χ0n) is 13.7. The van der Waals surface area contributed by atoms with E-state index < -0.39 is 0 Å².